The summed E-state index contributed by atoms with van der Waals surface area (Å²) in [7, 11) is 1.73. The summed E-state index contributed by atoms with van der Waals surface area (Å²) in [5.74, 6) is -0.714. The smallest absolute Gasteiger partial charge is 0.328 e. The second-order valence-corrected chi connectivity index (χ2v) is 7.84. The van der Waals surface area contributed by atoms with Crippen LogP contribution in [0.25, 0.3) is 5.57 Å². The number of ether oxygens (including phenoxy) is 1. The number of anilines is 1. The van der Waals surface area contributed by atoms with Gasteiger partial charge in [0.2, 0.25) is 0 Å². The second-order valence-electron chi connectivity index (χ2n) is 7.84. The third-order valence-corrected chi connectivity index (χ3v) is 5.26. The highest BCUT2D eigenvalue weighted by Crippen LogP contribution is 2.36. The van der Waals surface area contributed by atoms with Crippen LogP contribution in [0.1, 0.15) is 52.0 Å². The number of carbonyl (C=O) groups is 1. The van der Waals surface area contributed by atoms with Gasteiger partial charge in [0, 0.05) is 31.8 Å². The molecule has 0 amide bonds. The fraction of sp³-hybridized carbons (Fsp3) is 0.571. The van der Waals surface area contributed by atoms with Gasteiger partial charge in [0.1, 0.15) is 5.69 Å². The maximum absolute atomic E-state index is 11.8. The van der Waals surface area contributed by atoms with Crippen molar-refractivity contribution in [2.45, 2.75) is 58.6 Å². The molecule has 1 saturated carbocycles. The van der Waals surface area contributed by atoms with E-state index in [1.807, 2.05) is 0 Å². The average molecular weight is 390 g/mol. The van der Waals surface area contributed by atoms with Crippen molar-refractivity contribution in [3.8, 4) is 0 Å². The normalized spacial score (nSPS) is 20.2. The first-order valence-corrected chi connectivity index (χ1v) is 9.72. The number of carboxylic acid groups (broad SMARTS) is 1. The number of methoxy groups -OCH3 is 1. The maximum atomic E-state index is 11.8. The number of hydrogen-bond acceptors (Lipinski definition) is 5. The molecule has 2 rings (SSSR count). The molecule has 1 fully saturated rings. The molecule has 0 spiro atoms. The molecular formula is C21H30N2O5. The molecule has 0 heterocycles. The standard InChI is InChI=1S/C21H30N2O5/c1-14(2)13-22(17-6-8-18(28-4)9-7-17)19-10-5-16(12-20(19)23(26)27)15(3)11-21(24)25/h5,10-12,14,17-18H,6-9,13H2,1-4H3,(H,24,25)/b15-11+. The van der Waals surface area contributed by atoms with Crippen LogP contribution < -0.4 is 4.90 Å². The maximum Gasteiger partial charge on any atom is 0.328 e. The van der Waals surface area contributed by atoms with Crippen LogP contribution in [-0.2, 0) is 9.53 Å². The highest BCUT2D eigenvalue weighted by Gasteiger charge is 2.30. The predicted molar refractivity (Wildman–Crippen MR) is 110 cm³/mol. The summed E-state index contributed by atoms with van der Waals surface area (Å²) < 4.78 is 5.46. The Bertz CT molecular complexity index is 736. The predicted octanol–water partition coefficient (Wildman–Crippen LogP) is 4.50. The summed E-state index contributed by atoms with van der Waals surface area (Å²) in [6, 6.07) is 5.25. The summed E-state index contributed by atoms with van der Waals surface area (Å²) in [6.45, 7) is 6.58. The largest absolute Gasteiger partial charge is 0.478 e. The van der Waals surface area contributed by atoms with Gasteiger partial charge in [-0.2, -0.15) is 0 Å². The molecule has 0 bridgehead atoms. The molecule has 1 aromatic rings. The monoisotopic (exact) mass is 390 g/mol. The molecule has 1 N–H and O–H groups in total. The van der Waals surface area contributed by atoms with Crippen molar-refractivity contribution in [3.05, 3.63) is 40.0 Å². The Balaban J connectivity index is 2.41. The number of allylic oxidation sites excluding steroid dienone is 1. The molecule has 0 saturated heterocycles. The van der Waals surface area contributed by atoms with Gasteiger partial charge in [-0.15, -0.1) is 0 Å². The SMILES string of the molecule is COC1CCC(N(CC(C)C)c2ccc(/C(C)=C/C(=O)O)cc2[N+](=O)[O-])CC1. The van der Waals surface area contributed by atoms with E-state index >= 15 is 0 Å². The average Bonchev–Trinajstić information content (AvgIpc) is 2.65. The van der Waals surface area contributed by atoms with E-state index in [0.29, 0.717) is 22.7 Å². The van der Waals surface area contributed by atoms with E-state index < -0.39 is 5.97 Å². The van der Waals surface area contributed by atoms with E-state index in [0.717, 1.165) is 38.3 Å². The Morgan fingerprint density at radius 3 is 2.50 bits per heavy atom. The van der Waals surface area contributed by atoms with Crippen molar-refractivity contribution in [3.63, 3.8) is 0 Å². The van der Waals surface area contributed by atoms with E-state index in [4.69, 9.17) is 9.84 Å². The van der Waals surface area contributed by atoms with Crippen molar-refractivity contribution in [1.82, 2.24) is 0 Å². The fourth-order valence-corrected chi connectivity index (χ4v) is 3.86. The number of nitrogens with zero attached hydrogens (tertiary/aromatic N) is 2. The van der Waals surface area contributed by atoms with E-state index in [1.54, 1.807) is 26.2 Å². The molecule has 1 aliphatic carbocycles. The molecular weight excluding hydrogens is 360 g/mol. The molecule has 7 heteroatoms. The Morgan fingerprint density at radius 1 is 1.36 bits per heavy atom. The van der Waals surface area contributed by atoms with Crippen LogP contribution in [0.3, 0.4) is 0 Å². The third kappa shape index (κ3) is 5.55. The Hall–Kier alpha value is -2.41. The van der Waals surface area contributed by atoms with Crippen LogP contribution in [0, 0.1) is 16.0 Å². The molecule has 7 nitrogen and oxygen atoms in total. The molecule has 0 radical (unpaired) electrons. The molecule has 1 aliphatic rings. The van der Waals surface area contributed by atoms with Crippen LogP contribution in [0.4, 0.5) is 11.4 Å². The molecule has 154 valence electrons. The molecule has 0 atom stereocenters. The summed E-state index contributed by atoms with van der Waals surface area (Å²) in [5.41, 5.74) is 1.65. The van der Waals surface area contributed by atoms with Crippen LogP contribution >= 0.6 is 0 Å². The summed E-state index contributed by atoms with van der Waals surface area (Å²) >= 11 is 0. The molecule has 0 aromatic heterocycles. The second kappa shape index (κ2) is 9.68. The lowest BCUT2D eigenvalue weighted by molar-refractivity contribution is -0.384. The van der Waals surface area contributed by atoms with Crippen molar-refractivity contribution < 1.29 is 19.6 Å². The Labute approximate surface area is 166 Å². The van der Waals surface area contributed by atoms with Gasteiger partial charge in [-0.25, -0.2) is 4.79 Å². The Kier molecular flexibility index (Phi) is 7.57. The summed E-state index contributed by atoms with van der Waals surface area (Å²) in [5, 5.41) is 20.8. The lowest BCUT2D eigenvalue weighted by Gasteiger charge is -2.38. The van der Waals surface area contributed by atoms with Gasteiger partial charge in [-0.3, -0.25) is 10.1 Å². The van der Waals surface area contributed by atoms with Crippen LogP contribution in [0.15, 0.2) is 24.3 Å². The molecule has 0 aliphatic heterocycles. The van der Waals surface area contributed by atoms with Gasteiger partial charge >= 0.3 is 5.97 Å². The lowest BCUT2D eigenvalue weighted by Crippen LogP contribution is -2.41. The van der Waals surface area contributed by atoms with E-state index in [2.05, 4.69) is 18.7 Å². The van der Waals surface area contributed by atoms with Gasteiger partial charge in [0.25, 0.3) is 5.69 Å². The topological polar surface area (TPSA) is 92.9 Å². The van der Waals surface area contributed by atoms with Crippen LogP contribution in [-0.4, -0.2) is 41.8 Å². The van der Waals surface area contributed by atoms with Gasteiger partial charge < -0.3 is 14.7 Å². The van der Waals surface area contributed by atoms with Crippen molar-refractivity contribution in [1.29, 1.82) is 0 Å². The number of nitro groups is 1. The van der Waals surface area contributed by atoms with Crippen molar-refractivity contribution in [2.75, 3.05) is 18.6 Å². The van der Waals surface area contributed by atoms with Gasteiger partial charge in [-0.1, -0.05) is 19.9 Å². The van der Waals surface area contributed by atoms with Gasteiger partial charge in [0.05, 0.1) is 11.0 Å². The first-order chi connectivity index (χ1) is 13.2. The number of aliphatic carboxylic acids is 1. The van der Waals surface area contributed by atoms with Crippen LogP contribution in [0.2, 0.25) is 0 Å². The number of nitro benzene ring substituents is 1. The lowest BCUT2D eigenvalue weighted by atomic mass is 9.90. The highest BCUT2D eigenvalue weighted by atomic mass is 16.6. The molecule has 1 aromatic carbocycles. The first kappa shape index (κ1) is 21.9. The highest BCUT2D eigenvalue weighted by molar-refractivity contribution is 5.90. The number of rotatable bonds is 8. The van der Waals surface area contributed by atoms with Crippen LogP contribution in [0.5, 0.6) is 0 Å². The number of benzene rings is 1. The molecule has 0 unspecified atom stereocenters. The summed E-state index contributed by atoms with van der Waals surface area (Å²) in [6.07, 6.45) is 5.09. The number of hydrogen-bond donors (Lipinski definition) is 1. The minimum Gasteiger partial charge on any atom is -0.478 e. The van der Waals surface area contributed by atoms with E-state index in [9.17, 15) is 14.9 Å². The zero-order chi connectivity index (χ0) is 20.8. The zero-order valence-corrected chi connectivity index (χ0v) is 17.1. The van der Waals surface area contributed by atoms with Crippen molar-refractivity contribution >= 4 is 22.9 Å². The fourth-order valence-electron chi connectivity index (χ4n) is 3.86. The van der Waals surface area contributed by atoms with E-state index in [1.165, 1.54) is 6.07 Å². The minimum absolute atomic E-state index is 0.0187. The Morgan fingerprint density at radius 2 is 2.00 bits per heavy atom. The summed E-state index contributed by atoms with van der Waals surface area (Å²) in [4.78, 5) is 24.5. The van der Waals surface area contributed by atoms with Crippen molar-refractivity contribution in [2.24, 2.45) is 5.92 Å². The minimum atomic E-state index is -1.07. The quantitative estimate of drug-likeness (QED) is 0.399. The number of carboxylic acids is 1. The van der Waals surface area contributed by atoms with E-state index in [-0.39, 0.29) is 22.8 Å². The third-order valence-electron chi connectivity index (χ3n) is 5.26. The first-order valence-electron chi connectivity index (χ1n) is 9.72. The molecule has 28 heavy (non-hydrogen) atoms. The zero-order valence-electron chi connectivity index (χ0n) is 17.1. The van der Waals surface area contributed by atoms with Gasteiger partial charge in [0.15, 0.2) is 0 Å². The van der Waals surface area contributed by atoms with Gasteiger partial charge in [-0.05, 0) is 55.7 Å².